The van der Waals surface area contributed by atoms with Crippen molar-refractivity contribution in [3.05, 3.63) is 64.1 Å². The minimum atomic E-state index is -0.402. The zero-order chi connectivity index (χ0) is 16.5. The molecular formula is C18H18Cl2O2. The second kappa shape index (κ2) is 6.23. The van der Waals surface area contributed by atoms with Crippen LogP contribution in [0.2, 0.25) is 10.0 Å². The van der Waals surface area contributed by atoms with Gasteiger partial charge in [0.05, 0.1) is 10.0 Å². The summed E-state index contributed by atoms with van der Waals surface area (Å²) in [5.41, 5.74) is 1.69. The van der Waals surface area contributed by atoms with Crippen molar-refractivity contribution < 1.29 is 10.2 Å². The highest BCUT2D eigenvalue weighted by Gasteiger charge is 2.27. The first-order valence-corrected chi connectivity index (χ1v) is 7.63. The molecule has 0 bridgehead atoms. The second-order valence-corrected chi connectivity index (χ2v) is 6.75. The molecule has 2 rings (SSSR count). The first kappa shape index (κ1) is 16.7. The number of rotatable bonds is 4. The van der Waals surface area contributed by atoms with Gasteiger partial charge in [0, 0.05) is 11.1 Å². The maximum atomic E-state index is 10.2. The zero-order valence-electron chi connectivity index (χ0n) is 12.5. The van der Waals surface area contributed by atoms with Gasteiger partial charge in [0.25, 0.3) is 0 Å². The lowest BCUT2D eigenvalue weighted by Gasteiger charge is -2.28. The molecule has 22 heavy (non-hydrogen) atoms. The predicted octanol–water partition coefficient (Wildman–Crippen LogP) is 5.79. The second-order valence-electron chi connectivity index (χ2n) is 5.94. The SMILES string of the molecule is C=C(CC(C)(C)c1cccc(Cl)c1O)c1cccc(Cl)c1O. The molecule has 0 radical (unpaired) electrons. The smallest absolute Gasteiger partial charge is 0.141 e. The molecule has 0 spiro atoms. The largest absolute Gasteiger partial charge is 0.506 e. The van der Waals surface area contributed by atoms with Gasteiger partial charge in [0.1, 0.15) is 11.5 Å². The van der Waals surface area contributed by atoms with Gasteiger partial charge in [-0.25, -0.2) is 0 Å². The average Bonchev–Trinajstić information content (AvgIpc) is 2.44. The maximum Gasteiger partial charge on any atom is 0.141 e. The van der Waals surface area contributed by atoms with Crippen LogP contribution in [-0.4, -0.2) is 10.2 Å². The number of halogens is 2. The molecule has 0 aromatic heterocycles. The zero-order valence-corrected chi connectivity index (χ0v) is 14.0. The summed E-state index contributed by atoms with van der Waals surface area (Å²) in [7, 11) is 0. The Bertz CT molecular complexity index is 721. The first-order valence-electron chi connectivity index (χ1n) is 6.87. The topological polar surface area (TPSA) is 40.5 Å². The van der Waals surface area contributed by atoms with Crippen molar-refractivity contribution in [3.8, 4) is 11.5 Å². The van der Waals surface area contributed by atoms with Crippen LogP contribution in [0.4, 0.5) is 0 Å². The van der Waals surface area contributed by atoms with Crippen LogP contribution in [0.15, 0.2) is 43.0 Å². The fourth-order valence-electron chi connectivity index (χ4n) is 2.59. The van der Waals surface area contributed by atoms with Gasteiger partial charge in [0.2, 0.25) is 0 Å². The molecule has 2 nitrogen and oxygen atoms in total. The van der Waals surface area contributed by atoms with Crippen molar-refractivity contribution in [1.82, 2.24) is 0 Å². The van der Waals surface area contributed by atoms with Crippen molar-refractivity contribution >= 4 is 28.8 Å². The number of aromatic hydroxyl groups is 2. The third kappa shape index (κ3) is 3.23. The Morgan fingerprint density at radius 1 is 1.00 bits per heavy atom. The average molecular weight is 337 g/mol. The van der Waals surface area contributed by atoms with E-state index in [0.29, 0.717) is 22.0 Å². The van der Waals surface area contributed by atoms with Crippen molar-refractivity contribution in [2.75, 3.05) is 0 Å². The number of para-hydroxylation sites is 2. The molecule has 0 saturated carbocycles. The van der Waals surface area contributed by atoms with Gasteiger partial charge in [-0.1, -0.05) is 67.9 Å². The van der Waals surface area contributed by atoms with Crippen molar-refractivity contribution in [2.45, 2.75) is 25.7 Å². The van der Waals surface area contributed by atoms with Crippen LogP contribution in [0.25, 0.3) is 5.57 Å². The van der Waals surface area contributed by atoms with E-state index in [0.717, 1.165) is 11.1 Å². The third-order valence-corrected chi connectivity index (χ3v) is 4.35. The molecule has 0 saturated heterocycles. The number of allylic oxidation sites excluding steroid dienone is 1. The lowest BCUT2D eigenvalue weighted by Crippen LogP contribution is -2.18. The quantitative estimate of drug-likeness (QED) is 0.742. The van der Waals surface area contributed by atoms with Crippen LogP contribution in [0, 0.1) is 0 Å². The van der Waals surface area contributed by atoms with E-state index in [1.54, 1.807) is 30.3 Å². The number of hydrogen-bond acceptors (Lipinski definition) is 2. The van der Waals surface area contributed by atoms with Crippen LogP contribution in [0.5, 0.6) is 11.5 Å². The Morgan fingerprint density at radius 2 is 1.55 bits per heavy atom. The highest BCUT2D eigenvalue weighted by Crippen LogP contribution is 2.42. The third-order valence-electron chi connectivity index (χ3n) is 3.74. The molecule has 2 N–H and O–H groups in total. The molecule has 0 heterocycles. The predicted molar refractivity (Wildman–Crippen MR) is 92.9 cm³/mol. The summed E-state index contributed by atoms with van der Waals surface area (Å²) in [6.45, 7) is 8.04. The molecule has 0 amide bonds. The minimum Gasteiger partial charge on any atom is -0.506 e. The molecule has 0 aliphatic heterocycles. The lowest BCUT2D eigenvalue weighted by molar-refractivity contribution is 0.438. The summed E-state index contributed by atoms with van der Waals surface area (Å²) in [5, 5.41) is 20.9. The van der Waals surface area contributed by atoms with E-state index in [9.17, 15) is 10.2 Å². The normalized spacial score (nSPS) is 11.5. The van der Waals surface area contributed by atoms with Gasteiger partial charge in [-0.05, 0) is 29.5 Å². The highest BCUT2D eigenvalue weighted by atomic mass is 35.5. The molecule has 2 aromatic carbocycles. The number of benzene rings is 2. The van der Waals surface area contributed by atoms with Gasteiger partial charge in [0.15, 0.2) is 0 Å². The van der Waals surface area contributed by atoms with Gasteiger partial charge < -0.3 is 10.2 Å². The molecule has 116 valence electrons. The first-order chi connectivity index (χ1) is 10.2. The van der Waals surface area contributed by atoms with Crippen LogP contribution in [0.1, 0.15) is 31.4 Å². The molecule has 0 atom stereocenters. The van der Waals surface area contributed by atoms with Crippen LogP contribution in [-0.2, 0) is 5.41 Å². The van der Waals surface area contributed by atoms with Gasteiger partial charge in [-0.2, -0.15) is 0 Å². The monoisotopic (exact) mass is 336 g/mol. The van der Waals surface area contributed by atoms with Crippen LogP contribution >= 0.6 is 23.2 Å². The Balaban J connectivity index is 2.34. The molecule has 4 heteroatoms. The van der Waals surface area contributed by atoms with E-state index in [-0.39, 0.29) is 11.5 Å². The minimum absolute atomic E-state index is 0.0280. The van der Waals surface area contributed by atoms with E-state index in [4.69, 9.17) is 23.2 Å². The number of phenolic OH excluding ortho intramolecular Hbond substituents is 2. The molecule has 2 aromatic rings. The van der Waals surface area contributed by atoms with E-state index in [2.05, 4.69) is 6.58 Å². The molecule has 0 unspecified atom stereocenters. The van der Waals surface area contributed by atoms with Crippen molar-refractivity contribution in [3.63, 3.8) is 0 Å². The standard InChI is InChI=1S/C18H18Cl2O2/c1-11(12-6-4-8-14(19)16(12)21)10-18(2,3)13-7-5-9-15(20)17(13)22/h4-9,21-22H,1,10H2,2-3H3. The van der Waals surface area contributed by atoms with Gasteiger partial charge in [-0.3, -0.25) is 0 Å². The fraction of sp³-hybridized carbons (Fsp3) is 0.222. The Hall–Kier alpha value is -1.64. The Labute approximate surface area is 140 Å². The molecule has 0 aliphatic carbocycles. The van der Waals surface area contributed by atoms with E-state index in [1.165, 1.54) is 0 Å². The fourth-order valence-corrected chi connectivity index (χ4v) is 2.94. The Kier molecular flexibility index (Phi) is 4.74. The van der Waals surface area contributed by atoms with Crippen molar-refractivity contribution in [1.29, 1.82) is 0 Å². The van der Waals surface area contributed by atoms with Gasteiger partial charge >= 0.3 is 0 Å². The van der Waals surface area contributed by atoms with Gasteiger partial charge in [-0.15, -0.1) is 0 Å². The van der Waals surface area contributed by atoms with E-state index >= 15 is 0 Å². The summed E-state index contributed by atoms with van der Waals surface area (Å²) in [6, 6.07) is 10.5. The summed E-state index contributed by atoms with van der Waals surface area (Å²) in [5.74, 6) is 0.109. The molecule has 0 aliphatic rings. The summed E-state index contributed by atoms with van der Waals surface area (Å²) < 4.78 is 0. The van der Waals surface area contributed by atoms with E-state index < -0.39 is 5.41 Å². The van der Waals surface area contributed by atoms with Crippen molar-refractivity contribution in [2.24, 2.45) is 0 Å². The summed E-state index contributed by atoms with van der Waals surface area (Å²) in [4.78, 5) is 0. The highest BCUT2D eigenvalue weighted by molar-refractivity contribution is 6.32. The maximum absolute atomic E-state index is 10.2. The number of hydrogen-bond donors (Lipinski definition) is 2. The van der Waals surface area contributed by atoms with Crippen LogP contribution < -0.4 is 0 Å². The Morgan fingerprint density at radius 3 is 2.18 bits per heavy atom. The number of phenols is 2. The summed E-state index contributed by atoms with van der Waals surface area (Å²) in [6.07, 6.45) is 0.537. The van der Waals surface area contributed by atoms with Crippen LogP contribution in [0.3, 0.4) is 0 Å². The summed E-state index contributed by atoms with van der Waals surface area (Å²) >= 11 is 11.9. The molecular weight excluding hydrogens is 319 g/mol. The van der Waals surface area contributed by atoms with E-state index in [1.807, 2.05) is 19.9 Å². The molecule has 0 fully saturated rings. The lowest BCUT2D eigenvalue weighted by atomic mass is 9.77.